The molecule has 0 radical (unpaired) electrons. The number of nitrogens with zero attached hydrogens (tertiary/aromatic N) is 4. The zero-order valence-corrected chi connectivity index (χ0v) is 6.15. The Labute approximate surface area is 70.6 Å². The predicted octanol–water partition coefficient (Wildman–Crippen LogP) is 0.841. The van der Waals surface area contributed by atoms with E-state index in [2.05, 4.69) is 20.0 Å². The fourth-order valence-electron chi connectivity index (χ4n) is 0.947. The van der Waals surface area contributed by atoms with E-state index in [1.54, 1.807) is 0 Å². The quantitative estimate of drug-likeness (QED) is 0.541. The predicted molar refractivity (Wildman–Crippen MR) is 41.7 cm³/mol. The van der Waals surface area contributed by atoms with Crippen LogP contribution in [0, 0.1) is 0 Å². The summed E-state index contributed by atoms with van der Waals surface area (Å²) >= 11 is 0. The second-order valence-electron chi connectivity index (χ2n) is 2.41. The molecule has 68 valence electrons. The maximum atomic E-state index is 12.1. The Morgan fingerprint density at radius 1 is 1.31 bits per heavy atom. The zero-order chi connectivity index (χ0) is 9.47. The van der Waals surface area contributed by atoms with Crippen LogP contribution in [-0.4, -0.2) is 36.4 Å². The van der Waals surface area contributed by atoms with E-state index in [4.69, 9.17) is 0 Å². The monoisotopic (exact) mass is 188 g/mol. The van der Waals surface area contributed by atoms with Crippen molar-refractivity contribution in [1.82, 2.24) is 0 Å². The maximum Gasteiger partial charge on any atom is 0.451 e. The molecule has 4 nitrogen and oxygen atoms in total. The van der Waals surface area contributed by atoms with Gasteiger partial charge in [0, 0.05) is 6.21 Å². The van der Waals surface area contributed by atoms with Gasteiger partial charge in [0.15, 0.2) is 5.84 Å². The van der Waals surface area contributed by atoms with Crippen LogP contribution in [0.2, 0.25) is 0 Å². The molecule has 0 N–H and O–H groups in total. The molecule has 2 heterocycles. The number of rotatable bonds is 0. The van der Waals surface area contributed by atoms with Crippen LogP contribution in [0.3, 0.4) is 0 Å². The Morgan fingerprint density at radius 2 is 2.08 bits per heavy atom. The molecule has 0 aliphatic carbocycles. The van der Waals surface area contributed by atoms with Crippen molar-refractivity contribution in [2.24, 2.45) is 20.0 Å². The van der Waals surface area contributed by atoms with Crippen LogP contribution in [0.25, 0.3) is 0 Å². The Hall–Kier alpha value is -1.53. The van der Waals surface area contributed by atoms with E-state index in [0.717, 1.165) is 6.34 Å². The van der Waals surface area contributed by atoms with Gasteiger partial charge in [-0.05, 0) is 0 Å². The molecule has 2 rings (SSSR count). The third-order valence-corrected chi connectivity index (χ3v) is 1.48. The van der Waals surface area contributed by atoms with Crippen molar-refractivity contribution in [3.05, 3.63) is 0 Å². The summed E-state index contributed by atoms with van der Waals surface area (Å²) in [5.41, 5.74) is 0. The minimum atomic E-state index is -4.51. The summed E-state index contributed by atoms with van der Waals surface area (Å²) < 4.78 is 36.2. The summed E-state index contributed by atoms with van der Waals surface area (Å²) in [6, 6.07) is -0.762. The fourth-order valence-corrected chi connectivity index (χ4v) is 0.947. The van der Waals surface area contributed by atoms with E-state index in [0.29, 0.717) is 0 Å². The zero-order valence-electron chi connectivity index (χ0n) is 6.15. The maximum absolute atomic E-state index is 12.1. The average Bonchev–Trinajstić information content (AvgIpc) is 2.45. The highest BCUT2D eigenvalue weighted by Crippen LogP contribution is 2.23. The smallest absolute Gasteiger partial charge is 0.246 e. The molecule has 2 aliphatic rings. The number of alkyl halides is 3. The lowest BCUT2D eigenvalue weighted by atomic mass is 10.3. The minimum absolute atomic E-state index is 0.0438. The number of hydrogen-bond donors (Lipinski definition) is 0. The van der Waals surface area contributed by atoms with Crippen molar-refractivity contribution in [3.8, 4) is 0 Å². The van der Waals surface area contributed by atoms with Crippen LogP contribution >= 0.6 is 0 Å². The second-order valence-corrected chi connectivity index (χ2v) is 2.41. The lowest BCUT2D eigenvalue weighted by molar-refractivity contribution is -0.0596. The summed E-state index contributed by atoms with van der Waals surface area (Å²) in [6.07, 6.45) is -2.09. The third kappa shape index (κ3) is 1.36. The highest BCUT2D eigenvalue weighted by molar-refractivity contribution is 6.17. The molecule has 1 unspecified atom stereocenters. The van der Waals surface area contributed by atoms with Gasteiger partial charge in [-0.15, -0.1) is 0 Å². The topological polar surface area (TPSA) is 49.4 Å². The highest BCUT2D eigenvalue weighted by atomic mass is 19.4. The molecule has 1 atom stereocenters. The standard InChI is InChI=1S/C6H3F3N4/c7-6(8,9)5-12-3-1-10-2-11-4(3)13-5/h1-3H. The van der Waals surface area contributed by atoms with Crippen molar-refractivity contribution in [1.29, 1.82) is 0 Å². The summed E-state index contributed by atoms with van der Waals surface area (Å²) in [5, 5.41) is 0. The molecule has 0 amide bonds. The van der Waals surface area contributed by atoms with Crippen LogP contribution in [0.4, 0.5) is 13.2 Å². The van der Waals surface area contributed by atoms with E-state index >= 15 is 0 Å². The molecule has 0 aromatic heterocycles. The van der Waals surface area contributed by atoms with E-state index in [9.17, 15) is 13.2 Å². The van der Waals surface area contributed by atoms with Crippen LogP contribution in [0.1, 0.15) is 0 Å². The molecule has 0 aromatic carbocycles. The van der Waals surface area contributed by atoms with Gasteiger partial charge in [0.1, 0.15) is 12.4 Å². The number of fused-ring (bicyclic) bond motifs is 1. The van der Waals surface area contributed by atoms with Crippen LogP contribution in [0.15, 0.2) is 20.0 Å². The van der Waals surface area contributed by atoms with Crippen molar-refractivity contribution in [2.45, 2.75) is 12.2 Å². The number of amidine groups is 2. The number of aliphatic imine (C=N–C) groups is 4. The molecule has 13 heavy (non-hydrogen) atoms. The molecule has 0 saturated heterocycles. The van der Waals surface area contributed by atoms with Gasteiger partial charge in [0.25, 0.3) is 0 Å². The van der Waals surface area contributed by atoms with Gasteiger partial charge in [-0.25, -0.2) is 20.0 Å². The second kappa shape index (κ2) is 2.48. The molecule has 7 heteroatoms. The van der Waals surface area contributed by atoms with Gasteiger partial charge in [-0.2, -0.15) is 13.2 Å². The first kappa shape index (κ1) is 8.09. The van der Waals surface area contributed by atoms with Crippen LogP contribution in [-0.2, 0) is 0 Å². The molecule has 0 fully saturated rings. The van der Waals surface area contributed by atoms with Gasteiger partial charge >= 0.3 is 6.18 Å². The number of hydrogen-bond acceptors (Lipinski definition) is 4. The summed E-state index contributed by atoms with van der Waals surface area (Å²) in [7, 11) is 0. The lowest BCUT2D eigenvalue weighted by Crippen LogP contribution is -2.19. The molecule has 0 bridgehead atoms. The van der Waals surface area contributed by atoms with Crippen molar-refractivity contribution < 1.29 is 13.2 Å². The van der Waals surface area contributed by atoms with E-state index in [1.165, 1.54) is 6.21 Å². The summed E-state index contributed by atoms with van der Waals surface area (Å²) in [5.74, 6) is -1.10. The summed E-state index contributed by atoms with van der Waals surface area (Å²) in [6.45, 7) is 0. The van der Waals surface area contributed by atoms with Gasteiger partial charge in [-0.1, -0.05) is 0 Å². The van der Waals surface area contributed by atoms with E-state index in [-0.39, 0.29) is 5.84 Å². The highest BCUT2D eigenvalue weighted by Gasteiger charge is 2.40. The first-order valence-electron chi connectivity index (χ1n) is 3.37. The molecule has 0 spiro atoms. The molecular weight excluding hydrogens is 185 g/mol. The van der Waals surface area contributed by atoms with Gasteiger partial charge in [0.05, 0.1) is 0 Å². The molecule has 0 aromatic rings. The van der Waals surface area contributed by atoms with Crippen LogP contribution < -0.4 is 0 Å². The minimum Gasteiger partial charge on any atom is -0.246 e. The van der Waals surface area contributed by atoms with Crippen molar-refractivity contribution in [3.63, 3.8) is 0 Å². The molecular formula is C6H3F3N4. The average molecular weight is 188 g/mol. The lowest BCUT2D eigenvalue weighted by Gasteiger charge is -2.01. The Morgan fingerprint density at radius 3 is 2.69 bits per heavy atom. The Balaban J connectivity index is 2.33. The van der Waals surface area contributed by atoms with Crippen molar-refractivity contribution >= 4 is 24.2 Å². The normalized spacial score (nSPS) is 25.6. The number of halogens is 3. The van der Waals surface area contributed by atoms with Crippen LogP contribution in [0.5, 0.6) is 0 Å². The van der Waals surface area contributed by atoms with Gasteiger partial charge in [0.2, 0.25) is 5.84 Å². The van der Waals surface area contributed by atoms with Crippen molar-refractivity contribution in [2.75, 3.05) is 0 Å². The summed E-state index contributed by atoms with van der Waals surface area (Å²) in [4.78, 5) is 13.7. The SMILES string of the molecule is FC(F)(F)C1=NC2C=NC=NC2=N1. The van der Waals surface area contributed by atoms with E-state index < -0.39 is 18.1 Å². The Kier molecular flexibility index (Phi) is 1.54. The Bertz CT molecular complexity index is 349. The first-order valence-corrected chi connectivity index (χ1v) is 3.37. The fraction of sp³-hybridized carbons (Fsp3) is 0.333. The molecule has 2 aliphatic heterocycles. The van der Waals surface area contributed by atoms with Gasteiger partial charge < -0.3 is 0 Å². The van der Waals surface area contributed by atoms with Gasteiger partial charge in [-0.3, -0.25) is 0 Å². The first-order chi connectivity index (χ1) is 6.07. The third-order valence-electron chi connectivity index (χ3n) is 1.48. The largest absolute Gasteiger partial charge is 0.451 e. The van der Waals surface area contributed by atoms with E-state index in [1.807, 2.05) is 0 Å². The molecule has 0 saturated carbocycles.